The third-order valence-corrected chi connectivity index (χ3v) is 2.63. The van der Waals surface area contributed by atoms with E-state index in [1.54, 1.807) is 23.6 Å². The first-order valence-electron chi connectivity index (χ1n) is 5.85. The lowest BCUT2D eigenvalue weighted by Crippen LogP contribution is -2.21. The lowest BCUT2D eigenvalue weighted by atomic mass is 10.2. The third-order valence-electron chi connectivity index (χ3n) is 2.63. The average Bonchev–Trinajstić information content (AvgIpc) is 2.85. The zero-order valence-electron chi connectivity index (χ0n) is 10.6. The second-order valence-electron chi connectivity index (χ2n) is 4.23. The summed E-state index contributed by atoms with van der Waals surface area (Å²) in [5.41, 5.74) is 0.874. The van der Waals surface area contributed by atoms with E-state index in [1.165, 1.54) is 0 Å². The normalized spacial score (nSPS) is 13.4. The summed E-state index contributed by atoms with van der Waals surface area (Å²) in [6.07, 6.45) is 1.64. The molecule has 0 radical (unpaired) electrons. The van der Waals surface area contributed by atoms with Gasteiger partial charge in [0.15, 0.2) is 0 Å². The minimum absolute atomic E-state index is 0.189. The van der Waals surface area contributed by atoms with Crippen LogP contribution in [0, 0.1) is 11.3 Å². The van der Waals surface area contributed by atoms with Crippen molar-refractivity contribution < 1.29 is 4.74 Å². The molecule has 0 bridgehead atoms. The van der Waals surface area contributed by atoms with Crippen LogP contribution in [-0.4, -0.2) is 22.7 Å². The highest BCUT2D eigenvalue weighted by atomic mass is 16.5. The molecule has 0 atom stereocenters. The largest absolute Gasteiger partial charge is 0.473 e. The van der Waals surface area contributed by atoms with Crippen molar-refractivity contribution in [1.82, 2.24) is 9.55 Å². The van der Waals surface area contributed by atoms with Gasteiger partial charge < -0.3 is 10.1 Å². The Hall–Kier alpha value is -2.55. The van der Waals surface area contributed by atoms with E-state index in [0.29, 0.717) is 23.5 Å². The SMILES string of the molecule is C=C(C=C(C)C#N)COc1cc2n(c(=O)n1)CCN2. The topological polar surface area (TPSA) is 79.9 Å². The highest BCUT2D eigenvalue weighted by molar-refractivity contribution is 5.41. The molecule has 98 valence electrons. The smallest absolute Gasteiger partial charge is 0.352 e. The molecule has 1 aromatic rings. The molecule has 1 aliphatic heterocycles. The molecule has 19 heavy (non-hydrogen) atoms. The molecule has 1 N–H and O–H groups in total. The standard InChI is InChI=1S/C13H14N4O2/c1-9(7-14)5-10(2)8-19-12-6-11-15-3-4-17(11)13(18)16-12/h5-6,15H,2-4,8H2,1H3. The Balaban J connectivity index is 2.06. The van der Waals surface area contributed by atoms with Gasteiger partial charge in [-0.25, -0.2) is 4.79 Å². The van der Waals surface area contributed by atoms with Crippen LogP contribution in [-0.2, 0) is 6.54 Å². The molecule has 0 spiro atoms. The van der Waals surface area contributed by atoms with Gasteiger partial charge in [-0.05, 0) is 18.6 Å². The van der Waals surface area contributed by atoms with Crippen molar-refractivity contribution >= 4 is 5.82 Å². The van der Waals surface area contributed by atoms with Crippen LogP contribution in [0.4, 0.5) is 5.82 Å². The Bertz CT molecular complexity index is 637. The summed E-state index contributed by atoms with van der Waals surface area (Å²) in [7, 11) is 0. The van der Waals surface area contributed by atoms with Crippen LogP contribution < -0.4 is 15.7 Å². The first-order chi connectivity index (χ1) is 9.10. The van der Waals surface area contributed by atoms with Gasteiger partial charge in [-0.3, -0.25) is 4.57 Å². The molecular weight excluding hydrogens is 244 g/mol. The molecule has 0 fully saturated rings. The second-order valence-corrected chi connectivity index (χ2v) is 4.23. The Morgan fingerprint density at radius 1 is 1.79 bits per heavy atom. The van der Waals surface area contributed by atoms with Crippen LogP contribution >= 0.6 is 0 Å². The maximum Gasteiger partial charge on any atom is 0.352 e. The van der Waals surface area contributed by atoms with Crippen molar-refractivity contribution in [2.45, 2.75) is 13.5 Å². The fraction of sp³-hybridized carbons (Fsp3) is 0.308. The summed E-state index contributed by atoms with van der Waals surface area (Å²) in [4.78, 5) is 15.5. The number of hydrogen-bond acceptors (Lipinski definition) is 5. The predicted octanol–water partition coefficient (Wildman–Crippen LogP) is 1.07. The van der Waals surface area contributed by atoms with Crippen molar-refractivity contribution in [1.29, 1.82) is 5.26 Å². The van der Waals surface area contributed by atoms with Gasteiger partial charge in [0.2, 0.25) is 5.88 Å². The number of rotatable bonds is 4. The van der Waals surface area contributed by atoms with Crippen LogP contribution in [0.15, 0.2) is 34.7 Å². The number of ether oxygens (including phenoxy) is 1. The van der Waals surface area contributed by atoms with E-state index in [2.05, 4.69) is 16.9 Å². The summed E-state index contributed by atoms with van der Waals surface area (Å²) in [6, 6.07) is 3.69. The van der Waals surface area contributed by atoms with Gasteiger partial charge in [0.1, 0.15) is 12.4 Å². The maximum atomic E-state index is 11.7. The zero-order chi connectivity index (χ0) is 13.8. The molecule has 0 amide bonds. The van der Waals surface area contributed by atoms with E-state index >= 15 is 0 Å². The van der Waals surface area contributed by atoms with Crippen molar-refractivity contribution in [3.05, 3.63) is 40.4 Å². The van der Waals surface area contributed by atoms with Gasteiger partial charge in [-0.1, -0.05) is 6.58 Å². The highest BCUT2D eigenvalue weighted by Gasteiger charge is 2.13. The fourth-order valence-corrected chi connectivity index (χ4v) is 1.76. The van der Waals surface area contributed by atoms with Crippen molar-refractivity contribution in [3.8, 4) is 11.9 Å². The quantitative estimate of drug-likeness (QED) is 0.645. The van der Waals surface area contributed by atoms with Crippen LogP contribution in [0.1, 0.15) is 6.92 Å². The number of fused-ring (bicyclic) bond motifs is 1. The molecule has 2 heterocycles. The van der Waals surface area contributed by atoms with Gasteiger partial charge in [-0.15, -0.1) is 0 Å². The predicted molar refractivity (Wildman–Crippen MR) is 71.0 cm³/mol. The van der Waals surface area contributed by atoms with E-state index in [9.17, 15) is 4.79 Å². The average molecular weight is 258 g/mol. The van der Waals surface area contributed by atoms with Crippen molar-refractivity contribution in [3.63, 3.8) is 0 Å². The number of nitrogens with one attached hydrogen (secondary N) is 1. The Labute approximate surface area is 110 Å². The van der Waals surface area contributed by atoms with Gasteiger partial charge in [0.05, 0.1) is 6.07 Å². The first kappa shape index (κ1) is 12.9. The Kier molecular flexibility index (Phi) is 3.66. The van der Waals surface area contributed by atoms with Crippen LogP contribution in [0.2, 0.25) is 0 Å². The number of nitrogens with zero attached hydrogens (tertiary/aromatic N) is 3. The molecule has 1 aliphatic rings. The van der Waals surface area contributed by atoms with Crippen LogP contribution in [0.5, 0.6) is 5.88 Å². The third kappa shape index (κ3) is 3.01. The molecule has 6 nitrogen and oxygen atoms in total. The van der Waals surface area contributed by atoms with Gasteiger partial charge in [-0.2, -0.15) is 10.2 Å². The molecule has 6 heteroatoms. The Morgan fingerprint density at radius 2 is 2.58 bits per heavy atom. The monoisotopic (exact) mass is 258 g/mol. The van der Waals surface area contributed by atoms with Crippen molar-refractivity contribution in [2.75, 3.05) is 18.5 Å². The van der Waals surface area contributed by atoms with E-state index in [-0.39, 0.29) is 18.2 Å². The zero-order valence-corrected chi connectivity index (χ0v) is 10.6. The molecule has 1 aromatic heterocycles. The summed E-state index contributed by atoms with van der Waals surface area (Å²) < 4.78 is 6.96. The number of hydrogen-bond donors (Lipinski definition) is 1. The van der Waals surface area contributed by atoms with E-state index < -0.39 is 0 Å². The molecule has 0 saturated carbocycles. The number of aromatic nitrogens is 2. The van der Waals surface area contributed by atoms with Gasteiger partial charge in [0, 0.05) is 24.7 Å². The van der Waals surface area contributed by atoms with Crippen LogP contribution in [0.3, 0.4) is 0 Å². The molecular formula is C13H14N4O2. The van der Waals surface area contributed by atoms with E-state index in [0.717, 1.165) is 6.54 Å². The lowest BCUT2D eigenvalue weighted by molar-refractivity contribution is 0.339. The van der Waals surface area contributed by atoms with E-state index in [4.69, 9.17) is 10.00 Å². The number of allylic oxidation sites excluding steroid dienone is 1. The van der Waals surface area contributed by atoms with Crippen molar-refractivity contribution in [2.24, 2.45) is 0 Å². The molecule has 0 unspecified atom stereocenters. The summed E-state index contributed by atoms with van der Waals surface area (Å²) in [6.45, 7) is 7.00. The van der Waals surface area contributed by atoms with E-state index in [1.807, 2.05) is 6.07 Å². The maximum absolute atomic E-state index is 11.7. The number of nitriles is 1. The second kappa shape index (κ2) is 5.40. The fourth-order valence-electron chi connectivity index (χ4n) is 1.76. The minimum atomic E-state index is -0.327. The summed E-state index contributed by atoms with van der Waals surface area (Å²) >= 11 is 0. The van der Waals surface area contributed by atoms with Crippen LogP contribution in [0.25, 0.3) is 0 Å². The number of anilines is 1. The first-order valence-corrected chi connectivity index (χ1v) is 5.85. The highest BCUT2D eigenvalue weighted by Crippen LogP contribution is 2.16. The summed E-state index contributed by atoms with van der Waals surface area (Å²) in [5.74, 6) is 0.971. The minimum Gasteiger partial charge on any atom is -0.473 e. The molecule has 0 aliphatic carbocycles. The summed E-state index contributed by atoms with van der Waals surface area (Å²) in [5, 5.41) is 11.7. The molecule has 2 rings (SSSR count). The molecule has 0 saturated heterocycles. The Morgan fingerprint density at radius 3 is 3.32 bits per heavy atom. The van der Waals surface area contributed by atoms with Gasteiger partial charge in [0.25, 0.3) is 0 Å². The lowest BCUT2D eigenvalue weighted by Gasteiger charge is -2.07. The molecule has 0 aromatic carbocycles. The van der Waals surface area contributed by atoms with Gasteiger partial charge >= 0.3 is 5.69 Å².